The minimum absolute atomic E-state index is 0.163. The van der Waals surface area contributed by atoms with E-state index in [-0.39, 0.29) is 16.7 Å². The molecule has 4 rings (SSSR count). The first kappa shape index (κ1) is 21.4. The van der Waals surface area contributed by atoms with E-state index in [0.717, 1.165) is 25.0 Å². The molecule has 0 bridgehead atoms. The Hall–Kier alpha value is -2.87. The molecular weight excluding hydrogens is 414 g/mol. The molecule has 0 radical (unpaired) electrons. The molecule has 1 atom stereocenters. The number of aromatic nitrogens is 2. The summed E-state index contributed by atoms with van der Waals surface area (Å²) < 4.78 is 12.1. The third-order valence-corrected chi connectivity index (χ3v) is 7.13. The molecule has 0 saturated carbocycles. The average molecular weight is 442 g/mol. The van der Waals surface area contributed by atoms with Crippen LogP contribution in [0.2, 0.25) is 0 Å². The molecule has 1 aliphatic carbocycles. The van der Waals surface area contributed by atoms with Gasteiger partial charge in [-0.2, -0.15) is 0 Å². The van der Waals surface area contributed by atoms with E-state index in [1.807, 2.05) is 0 Å². The zero-order valence-corrected chi connectivity index (χ0v) is 19.3. The van der Waals surface area contributed by atoms with Gasteiger partial charge in [-0.25, -0.2) is 4.98 Å². The van der Waals surface area contributed by atoms with Crippen molar-refractivity contribution in [2.75, 3.05) is 19.5 Å². The summed E-state index contributed by atoms with van der Waals surface area (Å²) >= 11 is 1.58. The fourth-order valence-corrected chi connectivity index (χ4v) is 5.29. The monoisotopic (exact) mass is 441 g/mol. The number of nitrogens with zero attached hydrogens (tertiary/aromatic N) is 2. The molecule has 0 spiro atoms. The summed E-state index contributed by atoms with van der Waals surface area (Å²) in [4.78, 5) is 32.3. The van der Waals surface area contributed by atoms with E-state index in [0.29, 0.717) is 27.9 Å². The van der Waals surface area contributed by atoms with Crippen molar-refractivity contribution in [3.05, 3.63) is 50.9 Å². The average Bonchev–Trinajstić information content (AvgIpc) is 3.13. The van der Waals surface area contributed by atoms with E-state index in [1.54, 1.807) is 33.9 Å². The molecule has 31 heavy (non-hydrogen) atoms. The Labute approximate surface area is 185 Å². The van der Waals surface area contributed by atoms with Crippen LogP contribution in [0.25, 0.3) is 4.96 Å². The number of aryl methyl sites for hydroxylation is 1. The van der Waals surface area contributed by atoms with Gasteiger partial charge in [0.15, 0.2) is 16.5 Å². The summed E-state index contributed by atoms with van der Waals surface area (Å²) in [5.74, 6) is 1.14. The largest absolute Gasteiger partial charge is 0.493 e. The van der Waals surface area contributed by atoms with Gasteiger partial charge in [0.25, 0.3) is 11.5 Å². The maximum atomic E-state index is 13.2. The van der Waals surface area contributed by atoms with Gasteiger partial charge in [0, 0.05) is 16.1 Å². The van der Waals surface area contributed by atoms with Crippen molar-refractivity contribution in [3.63, 3.8) is 0 Å². The number of methoxy groups -OCH3 is 2. The number of nitrogens with one attached hydrogen (secondary N) is 1. The van der Waals surface area contributed by atoms with Crippen LogP contribution in [0.4, 0.5) is 5.69 Å². The maximum Gasteiger partial charge on any atom is 0.282 e. The molecule has 0 saturated heterocycles. The van der Waals surface area contributed by atoms with Crippen LogP contribution in [0.5, 0.6) is 11.5 Å². The van der Waals surface area contributed by atoms with Crippen molar-refractivity contribution in [2.45, 2.75) is 40.0 Å². The van der Waals surface area contributed by atoms with Gasteiger partial charge in [-0.05, 0) is 48.8 Å². The van der Waals surface area contributed by atoms with Gasteiger partial charge >= 0.3 is 0 Å². The normalized spacial score (nSPS) is 16.1. The number of benzene rings is 1. The second-order valence-corrected chi connectivity index (χ2v) is 9.96. The van der Waals surface area contributed by atoms with E-state index in [1.165, 1.54) is 25.3 Å². The first-order chi connectivity index (χ1) is 14.7. The third-order valence-electron chi connectivity index (χ3n) is 6.02. The number of rotatable bonds is 4. The molecule has 1 amide bonds. The molecule has 2 aromatic heterocycles. The number of amides is 1. The van der Waals surface area contributed by atoms with E-state index < -0.39 is 5.91 Å². The van der Waals surface area contributed by atoms with Crippen LogP contribution in [0.3, 0.4) is 0 Å². The SMILES string of the molecule is COc1ccc(C(=O)Nc2cnc3sc4c(n3c2=O)CCC(C(C)(C)C)C4)cc1OC. The Morgan fingerprint density at radius 3 is 2.65 bits per heavy atom. The predicted molar refractivity (Wildman–Crippen MR) is 122 cm³/mol. The highest BCUT2D eigenvalue weighted by molar-refractivity contribution is 7.17. The zero-order valence-electron chi connectivity index (χ0n) is 18.4. The van der Waals surface area contributed by atoms with Gasteiger partial charge in [-0.1, -0.05) is 20.8 Å². The molecule has 164 valence electrons. The lowest BCUT2D eigenvalue weighted by Crippen LogP contribution is -2.28. The third kappa shape index (κ3) is 3.92. The summed E-state index contributed by atoms with van der Waals surface area (Å²) in [6, 6.07) is 4.86. The van der Waals surface area contributed by atoms with Crippen LogP contribution in [0.15, 0.2) is 29.2 Å². The first-order valence-electron chi connectivity index (χ1n) is 10.3. The van der Waals surface area contributed by atoms with E-state index in [4.69, 9.17) is 9.47 Å². The lowest BCUT2D eigenvalue weighted by atomic mass is 9.73. The Balaban J connectivity index is 1.65. The predicted octanol–water partition coefficient (Wildman–Crippen LogP) is 4.18. The van der Waals surface area contributed by atoms with Crippen LogP contribution in [0.1, 0.15) is 48.1 Å². The molecule has 2 heterocycles. The smallest absolute Gasteiger partial charge is 0.282 e. The van der Waals surface area contributed by atoms with E-state index >= 15 is 0 Å². The maximum absolute atomic E-state index is 13.2. The quantitative estimate of drug-likeness (QED) is 0.657. The molecule has 0 aliphatic heterocycles. The Kier molecular flexibility index (Phi) is 5.51. The van der Waals surface area contributed by atoms with Crippen molar-refractivity contribution in [3.8, 4) is 11.5 Å². The summed E-state index contributed by atoms with van der Waals surface area (Å²) in [6.45, 7) is 6.80. The summed E-state index contributed by atoms with van der Waals surface area (Å²) in [6.07, 6.45) is 4.28. The molecule has 1 N–H and O–H groups in total. The molecule has 1 aromatic carbocycles. The molecular formula is C23H27N3O4S. The number of carbonyl (C=O) groups is 1. The lowest BCUT2D eigenvalue weighted by Gasteiger charge is -2.33. The summed E-state index contributed by atoms with van der Waals surface area (Å²) in [7, 11) is 3.04. The van der Waals surface area contributed by atoms with Gasteiger partial charge in [0.1, 0.15) is 5.69 Å². The number of ether oxygens (including phenoxy) is 2. The van der Waals surface area contributed by atoms with E-state index in [9.17, 15) is 9.59 Å². The highest BCUT2D eigenvalue weighted by atomic mass is 32.1. The number of anilines is 1. The van der Waals surface area contributed by atoms with Gasteiger partial charge in [-0.15, -0.1) is 11.3 Å². The van der Waals surface area contributed by atoms with Gasteiger partial charge < -0.3 is 14.8 Å². The van der Waals surface area contributed by atoms with Crippen LogP contribution < -0.4 is 20.3 Å². The number of hydrogen-bond donors (Lipinski definition) is 1. The molecule has 0 fully saturated rings. The van der Waals surface area contributed by atoms with Crippen LogP contribution in [0, 0.1) is 11.3 Å². The molecule has 3 aromatic rings. The standard InChI is InChI=1S/C23H27N3O4S/c1-23(2,3)14-7-8-16-19(11-14)31-22-24-12-15(21(28)26(16)22)25-20(27)13-6-9-17(29-4)18(10-13)30-5/h6,9-10,12,14H,7-8,11H2,1-5H3,(H,25,27). The van der Waals surface area contributed by atoms with Crippen molar-refractivity contribution in [1.29, 1.82) is 0 Å². The highest BCUT2D eigenvalue weighted by Crippen LogP contribution is 2.39. The fraction of sp³-hybridized carbons (Fsp3) is 0.435. The van der Waals surface area contributed by atoms with E-state index in [2.05, 4.69) is 31.1 Å². The minimum Gasteiger partial charge on any atom is -0.493 e. The molecule has 7 nitrogen and oxygen atoms in total. The second-order valence-electron chi connectivity index (χ2n) is 8.90. The lowest BCUT2D eigenvalue weighted by molar-refractivity contribution is 0.102. The number of carbonyl (C=O) groups excluding carboxylic acids is 1. The minimum atomic E-state index is -0.406. The first-order valence-corrected chi connectivity index (χ1v) is 11.1. The Morgan fingerprint density at radius 2 is 1.97 bits per heavy atom. The molecule has 1 aliphatic rings. The Bertz CT molecular complexity index is 1210. The number of thiazole rings is 1. The van der Waals surface area contributed by atoms with Gasteiger partial charge in [0.2, 0.25) is 0 Å². The van der Waals surface area contributed by atoms with Crippen molar-refractivity contribution < 1.29 is 14.3 Å². The molecule has 8 heteroatoms. The number of hydrogen-bond acceptors (Lipinski definition) is 6. The summed E-state index contributed by atoms with van der Waals surface area (Å²) in [5.41, 5.74) is 1.54. The summed E-state index contributed by atoms with van der Waals surface area (Å²) in [5, 5.41) is 2.71. The second kappa shape index (κ2) is 8.00. The fourth-order valence-electron chi connectivity index (χ4n) is 4.09. The van der Waals surface area contributed by atoms with Crippen molar-refractivity contribution in [1.82, 2.24) is 9.38 Å². The van der Waals surface area contributed by atoms with Crippen LogP contribution >= 0.6 is 11.3 Å². The van der Waals surface area contributed by atoms with Crippen LogP contribution in [-0.4, -0.2) is 29.5 Å². The highest BCUT2D eigenvalue weighted by Gasteiger charge is 2.31. The van der Waals surface area contributed by atoms with Gasteiger partial charge in [0.05, 0.1) is 20.4 Å². The van der Waals surface area contributed by atoms with Crippen molar-refractivity contribution in [2.24, 2.45) is 11.3 Å². The van der Waals surface area contributed by atoms with Crippen LogP contribution in [-0.2, 0) is 12.8 Å². The van der Waals surface area contributed by atoms with Crippen molar-refractivity contribution >= 4 is 27.9 Å². The topological polar surface area (TPSA) is 81.9 Å². The Morgan fingerprint density at radius 1 is 1.23 bits per heavy atom. The molecule has 1 unspecified atom stereocenters. The van der Waals surface area contributed by atoms with Gasteiger partial charge in [-0.3, -0.25) is 14.0 Å². The number of fused-ring (bicyclic) bond motifs is 3. The zero-order chi connectivity index (χ0) is 22.3.